The Morgan fingerprint density at radius 1 is 1.44 bits per heavy atom. The lowest BCUT2D eigenvalue weighted by molar-refractivity contribution is 0.358. The third-order valence-corrected chi connectivity index (χ3v) is 3.93. The van der Waals surface area contributed by atoms with Gasteiger partial charge >= 0.3 is 0 Å². The number of benzene rings is 1. The van der Waals surface area contributed by atoms with Gasteiger partial charge in [-0.15, -0.1) is 0 Å². The molecular weight excluding hydrogens is 226 g/mol. The van der Waals surface area contributed by atoms with E-state index in [9.17, 15) is 8.42 Å². The maximum atomic E-state index is 11.6. The quantitative estimate of drug-likeness (QED) is 0.874. The molecule has 1 N–H and O–H groups in total. The number of fused-ring (bicyclic) bond motifs is 1. The Hall–Kier alpha value is -1.23. The van der Waals surface area contributed by atoms with Crippen molar-refractivity contribution in [2.75, 3.05) is 17.1 Å². The van der Waals surface area contributed by atoms with Crippen LogP contribution < -0.4 is 9.46 Å². The highest BCUT2D eigenvalue weighted by atomic mass is 32.2. The molecule has 0 bridgehead atoms. The monoisotopic (exact) mass is 241 g/mol. The largest absolute Gasteiger partial charge is 0.491 e. The van der Waals surface area contributed by atoms with Crippen LogP contribution in [0.25, 0.3) is 0 Å². The Morgan fingerprint density at radius 3 is 3.00 bits per heavy atom. The van der Waals surface area contributed by atoms with E-state index in [1.54, 1.807) is 6.07 Å². The van der Waals surface area contributed by atoms with Crippen molar-refractivity contribution in [2.24, 2.45) is 0 Å². The van der Waals surface area contributed by atoms with Crippen LogP contribution in [0.1, 0.15) is 18.9 Å². The molecule has 1 aliphatic rings. The van der Waals surface area contributed by atoms with Crippen molar-refractivity contribution >= 4 is 15.7 Å². The molecule has 1 heterocycles. The fourth-order valence-electron chi connectivity index (χ4n) is 1.78. The molecule has 4 nitrogen and oxygen atoms in total. The number of rotatable bonds is 4. The Balaban J connectivity index is 2.26. The van der Waals surface area contributed by atoms with Gasteiger partial charge in [0.05, 0.1) is 18.0 Å². The van der Waals surface area contributed by atoms with E-state index in [-0.39, 0.29) is 5.75 Å². The summed E-state index contributed by atoms with van der Waals surface area (Å²) in [5.74, 6) is 0.818. The number of nitrogens with one attached hydrogen (secondary N) is 1. The maximum Gasteiger partial charge on any atom is 0.232 e. The van der Waals surface area contributed by atoms with Crippen LogP contribution in [0.3, 0.4) is 0 Å². The molecular formula is C11H15NO3S. The summed E-state index contributed by atoms with van der Waals surface area (Å²) in [4.78, 5) is 0. The minimum absolute atomic E-state index is 0.136. The third-order valence-electron chi connectivity index (χ3n) is 2.45. The fraction of sp³-hybridized carbons (Fsp3) is 0.455. The summed E-state index contributed by atoms with van der Waals surface area (Å²) < 4.78 is 31.3. The summed E-state index contributed by atoms with van der Waals surface area (Å²) in [6.07, 6.45) is 1.45. The van der Waals surface area contributed by atoms with Crippen molar-refractivity contribution in [1.29, 1.82) is 0 Å². The van der Waals surface area contributed by atoms with Crippen molar-refractivity contribution in [1.82, 2.24) is 0 Å². The van der Waals surface area contributed by atoms with Crippen LogP contribution in [-0.2, 0) is 16.4 Å². The molecule has 0 aromatic heterocycles. The SMILES string of the molecule is CCCS(=O)(=O)Nc1cccc2c1OCC2. The molecule has 0 saturated carbocycles. The van der Waals surface area contributed by atoms with Gasteiger partial charge in [0, 0.05) is 6.42 Å². The molecule has 0 unspecified atom stereocenters. The molecule has 0 aliphatic carbocycles. The van der Waals surface area contributed by atoms with Crippen molar-refractivity contribution in [2.45, 2.75) is 19.8 Å². The first-order valence-electron chi connectivity index (χ1n) is 5.37. The Bertz CT molecular complexity index is 482. The predicted molar refractivity (Wildman–Crippen MR) is 63.3 cm³/mol. The predicted octanol–water partition coefficient (Wildman–Crippen LogP) is 1.77. The van der Waals surface area contributed by atoms with E-state index in [0.717, 1.165) is 12.0 Å². The standard InChI is InChI=1S/C11H15NO3S/c1-2-8-16(13,14)12-10-5-3-4-9-6-7-15-11(9)10/h3-5,12H,2,6-8H2,1H3. The van der Waals surface area contributed by atoms with Crippen LogP contribution in [-0.4, -0.2) is 20.8 Å². The molecule has 16 heavy (non-hydrogen) atoms. The minimum Gasteiger partial charge on any atom is -0.491 e. The average Bonchev–Trinajstić information content (AvgIpc) is 2.65. The molecule has 0 radical (unpaired) electrons. The van der Waals surface area contributed by atoms with E-state index in [2.05, 4.69) is 4.72 Å². The van der Waals surface area contributed by atoms with Gasteiger partial charge in [-0.25, -0.2) is 8.42 Å². The van der Waals surface area contributed by atoms with Crippen LogP contribution in [0.2, 0.25) is 0 Å². The number of para-hydroxylation sites is 1. The lowest BCUT2D eigenvalue weighted by Crippen LogP contribution is -2.16. The van der Waals surface area contributed by atoms with Gasteiger partial charge < -0.3 is 4.74 Å². The number of hydrogen-bond donors (Lipinski definition) is 1. The van der Waals surface area contributed by atoms with Gasteiger partial charge in [-0.1, -0.05) is 19.1 Å². The Morgan fingerprint density at radius 2 is 2.25 bits per heavy atom. The number of ether oxygens (including phenoxy) is 1. The third kappa shape index (κ3) is 2.29. The number of anilines is 1. The maximum absolute atomic E-state index is 11.6. The zero-order valence-corrected chi connectivity index (χ0v) is 10.0. The summed E-state index contributed by atoms with van der Waals surface area (Å²) in [5, 5.41) is 0. The average molecular weight is 241 g/mol. The van der Waals surface area contributed by atoms with Gasteiger partial charge in [0.1, 0.15) is 5.75 Å². The van der Waals surface area contributed by atoms with Crippen LogP contribution in [0.4, 0.5) is 5.69 Å². The van der Waals surface area contributed by atoms with Crippen LogP contribution in [0.15, 0.2) is 18.2 Å². The second kappa shape index (κ2) is 4.33. The zero-order valence-electron chi connectivity index (χ0n) is 9.19. The molecule has 1 aromatic rings. The first-order chi connectivity index (χ1) is 7.62. The molecule has 0 amide bonds. The van der Waals surface area contributed by atoms with Crippen LogP contribution in [0.5, 0.6) is 5.75 Å². The smallest absolute Gasteiger partial charge is 0.232 e. The first-order valence-corrected chi connectivity index (χ1v) is 7.03. The van der Waals surface area contributed by atoms with Crippen LogP contribution >= 0.6 is 0 Å². The summed E-state index contributed by atoms with van der Waals surface area (Å²) in [6, 6.07) is 5.54. The molecule has 1 aromatic carbocycles. The molecule has 0 spiro atoms. The highest BCUT2D eigenvalue weighted by molar-refractivity contribution is 7.92. The summed E-state index contributed by atoms with van der Waals surface area (Å²) in [7, 11) is -3.24. The second-order valence-electron chi connectivity index (χ2n) is 3.81. The number of sulfonamides is 1. The molecule has 0 fully saturated rings. The van der Waals surface area contributed by atoms with Gasteiger partial charge in [-0.2, -0.15) is 0 Å². The zero-order chi connectivity index (χ0) is 11.6. The minimum atomic E-state index is -3.24. The summed E-state index contributed by atoms with van der Waals surface area (Å²) >= 11 is 0. The molecule has 88 valence electrons. The Kier molecular flexibility index (Phi) is 3.05. The van der Waals surface area contributed by atoms with Crippen molar-refractivity contribution < 1.29 is 13.2 Å². The van der Waals surface area contributed by atoms with Crippen LogP contribution in [0, 0.1) is 0 Å². The van der Waals surface area contributed by atoms with E-state index in [4.69, 9.17) is 4.74 Å². The molecule has 1 aliphatic heterocycles. The van der Waals surface area contributed by atoms with Gasteiger partial charge in [-0.3, -0.25) is 4.72 Å². The second-order valence-corrected chi connectivity index (χ2v) is 5.66. The lowest BCUT2D eigenvalue weighted by Gasteiger charge is -2.10. The van der Waals surface area contributed by atoms with Gasteiger partial charge in [0.2, 0.25) is 10.0 Å². The summed E-state index contributed by atoms with van der Waals surface area (Å²) in [5.41, 5.74) is 1.63. The van der Waals surface area contributed by atoms with E-state index in [1.807, 2.05) is 19.1 Å². The van der Waals surface area contributed by atoms with E-state index >= 15 is 0 Å². The van der Waals surface area contributed by atoms with E-state index < -0.39 is 10.0 Å². The van der Waals surface area contributed by atoms with Gasteiger partial charge in [-0.05, 0) is 18.1 Å². The Labute approximate surface area is 95.7 Å². The van der Waals surface area contributed by atoms with Crippen molar-refractivity contribution in [3.05, 3.63) is 23.8 Å². The molecule has 0 saturated heterocycles. The first kappa shape index (κ1) is 11.3. The van der Waals surface area contributed by atoms with E-state index in [0.29, 0.717) is 24.5 Å². The topological polar surface area (TPSA) is 55.4 Å². The molecule has 2 rings (SSSR count). The van der Waals surface area contributed by atoms with Crippen molar-refractivity contribution in [3.63, 3.8) is 0 Å². The number of hydrogen-bond acceptors (Lipinski definition) is 3. The molecule has 5 heteroatoms. The lowest BCUT2D eigenvalue weighted by atomic mass is 10.1. The fourth-order valence-corrected chi connectivity index (χ4v) is 2.92. The summed E-state index contributed by atoms with van der Waals surface area (Å²) in [6.45, 7) is 2.47. The van der Waals surface area contributed by atoms with E-state index in [1.165, 1.54) is 0 Å². The van der Waals surface area contributed by atoms with Gasteiger partial charge in [0.15, 0.2) is 0 Å². The van der Waals surface area contributed by atoms with Gasteiger partial charge in [0.25, 0.3) is 0 Å². The highest BCUT2D eigenvalue weighted by Gasteiger charge is 2.18. The normalized spacial score (nSPS) is 14.3. The highest BCUT2D eigenvalue weighted by Crippen LogP contribution is 2.33. The molecule has 0 atom stereocenters. The van der Waals surface area contributed by atoms with Crippen molar-refractivity contribution in [3.8, 4) is 5.75 Å².